The van der Waals surface area contributed by atoms with Gasteiger partial charge in [-0.3, -0.25) is 24.2 Å². The van der Waals surface area contributed by atoms with E-state index >= 15 is 4.39 Å². The van der Waals surface area contributed by atoms with Crippen LogP contribution in [0.2, 0.25) is 0 Å². The number of aromatic nitrogens is 1. The van der Waals surface area contributed by atoms with Crippen molar-refractivity contribution in [2.45, 2.75) is 44.9 Å². The fraction of sp³-hybridized carbons (Fsp3) is 0.515. The van der Waals surface area contributed by atoms with E-state index in [9.17, 15) is 27.6 Å². The van der Waals surface area contributed by atoms with Crippen LogP contribution in [0, 0.1) is 12.7 Å². The van der Waals surface area contributed by atoms with Gasteiger partial charge in [0.05, 0.1) is 16.9 Å². The van der Waals surface area contributed by atoms with Gasteiger partial charge in [-0.2, -0.15) is 13.2 Å². The molecule has 0 aliphatic carbocycles. The molecule has 2 aromatic rings. The monoisotopic (exact) mass is 661 g/mol. The van der Waals surface area contributed by atoms with Crippen LogP contribution < -0.4 is 14.7 Å². The first-order valence-corrected chi connectivity index (χ1v) is 15.6. The van der Waals surface area contributed by atoms with Crippen LogP contribution in [0.4, 0.5) is 34.8 Å². The summed E-state index contributed by atoms with van der Waals surface area (Å²) in [5.41, 5.74) is -0.439. The Labute approximate surface area is 273 Å². The molecular weight excluding hydrogens is 618 g/mol. The normalized spacial score (nSPS) is 19.0. The van der Waals surface area contributed by atoms with Crippen molar-refractivity contribution in [3.8, 4) is 0 Å². The van der Waals surface area contributed by atoms with Crippen LogP contribution in [-0.4, -0.2) is 116 Å². The summed E-state index contributed by atoms with van der Waals surface area (Å²) in [6, 6.07) is 5.15. The number of para-hydroxylation sites is 1. The van der Waals surface area contributed by atoms with Crippen LogP contribution in [0.15, 0.2) is 43.0 Å². The molecule has 4 rings (SSSR count). The van der Waals surface area contributed by atoms with Crippen LogP contribution in [0.1, 0.15) is 31.0 Å². The maximum atomic E-state index is 15.4. The van der Waals surface area contributed by atoms with Gasteiger partial charge < -0.3 is 19.6 Å². The SMILES string of the molecule is C=CC(=O)N1CCN(CCN(C)CCN(C)c2c(F)cccc2N(C)C(=O)C2CCC(=O)N2c2cc(C(F)(F)F)cc(C)n2)C(C)C1. The zero-order valence-corrected chi connectivity index (χ0v) is 27.6. The molecule has 1 aromatic heterocycles. The molecule has 256 valence electrons. The minimum Gasteiger partial charge on any atom is -0.369 e. The maximum absolute atomic E-state index is 15.4. The molecular formula is C33H43F4N7O3. The van der Waals surface area contributed by atoms with Crippen molar-refractivity contribution in [3.63, 3.8) is 0 Å². The van der Waals surface area contributed by atoms with Crippen LogP contribution in [0.25, 0.3) is 0 Å². The molecule has 10 nitrogen and oxygen atoms in total. The van der Waals surface area contributed by atoms with E-state index < -0.39 is 35.4 Å². The van der Waals surface area contributed by atoms with Gasteiger partial charge in [-0.05, 0) is 57.7 Å². The Morgan fingerprint density at radius 2 is 1.83 bits per heavy atom. The number of hydrogen-bond acceptors (Lipinski definition) is 7. The standard InChI is InChI=1S/C33H43F4N7O3/c1-7-29(45)43-18-17-42(23(3)21-43)16-14-39(4)13-15-40(5)31-25(34)9-8-10-26(31)41(6)32(47)27-11-12-30(46)44(27)28-20-24(33(35,36)37)19-22(2)38-28/h7-10,19-20,23,27H,1,11-18,21H2,2-6H3. The van der Waals surface area contributed by atoms with Gasteiger partial charge in [-0.25, -0.2) is 9.37 Å². The van der Waals surface area contributed by atoms with E-state index in [-0.39, 0.29) is 47.7 Å². The minimum atomic E-state index is -4.66. The maximum Gasteiger partial charge on any atom is 0.416 e. The second-order valence-electron chi connectivity index (χ2n) is 12.3. The molecule has 0 saturated carbocycles. The van der Waals surface area contributed by atoms with E-state index in [4.69, 9.17) is 0 Å². The highest BCUT2D eigenvalue weighted by Crippen LogP contribution is 2.36. The fourth-order valence-corrected chi connectivity index (χ4v) is 6.14. The summed E-state index contributed by atoms with van der Waals surface area (Å²) in [6.45, 7) is 11.7. The largest absolute Gasteiger partial charge is 0.416 e. The molecule has 0 bridgehead atoms. The smallest absolute Gasteiger partial charge is 0.369 e. The number of alkyl halides is 3. The quantitative estimate of drug-likeness (QED) is 0.268. The van der Waals surface area contributed by atoms with E-state index in [1.54, 1.807) is 22.9 Å². The molecule has 0 spiro atoms. The summed E-state index contributed by atoms with van der Waals surface area (Å²) in [6.07, 6.45) is -3.27. The first-order chi connectivity index (χ1) is 22.1. The molecule has 0 N–H and O–H groups in total. The summed E-state index contributed by atoms with van der Waals surface area (Å²) in [7, 11) is 5.17. The molecule has 2 aliphatic heterocycles. The average Bonchev–Trinajstić information content (AvgIpc) is 3.42. The first kappa shape index (κ1) is 35.8. The number of amides is 3. The van der Waals surface area contributed by atoms with Crippen molar-refractivity contribution in [2.75, 3.05) is 81.7 Å². The second-order valence-corrected chi connectivity index (χ2v) is 12.3. The Morgan fingerprint density at radius 1 is 1.11 bits per heavy atom. The van der Waals surface area contributed by atoms with Crippen molar-refractivity contribution in [3.05, 3.63) is 60.1 Å². The van der Waals surface area contributed by atoms with E-state index in [1.165, 1.54) is 37.1 Å². The number of carbonyl (C=O) groups is 3. The highest BCUT2D eigenvalue weighted by atomic mass is 19.4. The molecule has 2 atom stereocenters. The van der Waals surface area contributed by atoms with Gasteiger partial charge in [0, 0.05) is 78.1 Å². The van der Waals surface area contributed by atoms with Gasteiger partial charge in [0.15, 0.2) is 0 Å². The van der Waals surface area contributed by atoms with E-state index in [0.29, 0.717) is 26.2 Å². The predicted octanol–water partition coefficient (Wildman–Crippen LogP) is 3.79. The van der Waals surface area contributed by atoms with Crippen LogP contribution in [0.5, 0.6) is 0 Å². The Hall–Kier alpha value is -4.04. The number of rotatable bonds is 11. The first-order valence-electron chi connectivity index (χ1n) is 15.6. The van der Waals surface area contributed by atoms with Gasteiger partial charge in [0.2, 0.25) is 17.7 Å². The number of benzene rings is 1. The number of pyridine rings is 1. The fourth-order valence-electron chi connectivity index (χ4n) is 6.14. The lowest BCUT2D eigenvalue weighted by molar-refractivity contribution is -0.137. The molecule has 14 heteroatoms. The Morgan fingerprint density at radius 3 is 2.49 bits per heavy atom. The Bertz CT molecular complexity index is 1490. The third-order valence-corrected chi connectivity index (χ3v) is 8.89. The summed E-state index contributed by atoms with van der Waals surface area (Å²) in [5.74, 6) is -1.91. The molecule has 0 radical (unpaired) electrons. The van der Waals surface area contributed by atoms with E-state index in [1.807, 2.05) is 7.05 Å². The third kappa shape index (κ3) is 8.28. The van der Waals surface area contributed by atoms with E-state index in [2.05, 4.69) is 28.3 Å². The molecule has 3 heterocycles. The van der Waals surface area contributed by atoms with Gasteiger partial charge in [-0.15, -0.1) is 0 Å². The zero-order valence-electron chi connectivity index (χ0n) is 27.6. The predicted molar refractivity (Wildman–Crippen MR) is 173 cm³/mol. The number of anilines is 3. The minimum absolute atomic E-state index is 0.0368. The van der Waals surface area contributed by atoms with Gasteiger partial charge in [-0.1, -0.05) is 12.6 Å². The molecule has 2 saturated heterocycles. The van der Waals surface area contributed by atoms with Crippen LogP contribution >= 0.6 is 0 Å². The topological polar surface area (TPSA) is 83.5 Å². The number of hydrogen-bond donors (Lipinski definition) is 0. The highest BCUT2D eigenvalue weighted by molar-refractivity contribution is 6.09. The highest BCUT2D eigenvalue weighted by Gasteiger charge is 2.41. The molecule has 2 aliphatic rings. The molecule has 1 aromatic carbocycles. The van der Waals surface area contributed by atoms with Crippen molar-refractivity contribution >= 4 is 34.9 Å². The summed E-state index contributed by atoms with van der Waals surface area (Å²) in [5, 5.41) is 0. The van der Waals surface area contributed by atoms with Gasteiger partial charge in [0.25, 0.3) is 0 Å². The van der Waals surface area contributed by atoms with Crippen LogP contribution in [-0.2, 0) is 20.6 Å². The Balaban J connectivity index is 1.43. The number of aryl methyl sites for hydroxylation is 1. The lowest BCUT2D eigenvalue weighted by Gasteiger charge is -2.40. The second kappa shape index (κ2) is 14.8. The molecule has 2 unspecified atom stereocenters. The van der Waals surface area contributed by atoms with Crippen molar-refractivity contribution < 1.29 is 31.9 Å². The third-order valence-electron chi connectivity index (χ3n) is 8.89. The Kier molecular flexibility index (Phi) is 11.3. The molecule has 47 heavy (non-hydrogen) atoms. The number of likely N-dealkylation sites (N-methyl/N-ethyl adjacent to an activating group) is 3. The number of halogens is 4. The van der Waals surface area contributed by atoms with Crippen molar-refractivity contribution in [1.29, 1.82) is 0 Å². The summed E-state index contributed by atoms with van der Waals surface area (Å²) >= 11 is 0. The van der Waals surface area contributed by atoms with E-state index in [0.717, 1.165) is 36.7 Å². The van der Waals surface area contributed by atoms with Crippen molar-refractivity contribution in [1.82, 2.24) is 19.7 Å². The van der Waals surface area contributed by atoms with Gasteiger partial charge in [0.1, 0.15) is 17.7 Å². The summed E-state index contributed by atoms with van der Waals surface area (Å²) < 4.78 is 56.0. The lowest BCUT2D eigenvalue weighted by atomic mass is 10.1. The lowest BCUT2D eigenvalue weighted by Crippen LogP contribution is -2.54. The number of piperazine rings is 1. The number of nitrogens with zero attached hydrogens (tertiary/aromatic N) is 7. The van der Waals surface area contributed by atoms with Gasteiger partial charge >= 0.3 is 6.18 Å². The zero-order chi connectivity index (χ0) is 34.6. The summed E-state index contributed by atoms with van der Waals surface area (Å²) in [4.78, 5) is 53.1. The molecule has 2 fully saturated rings. The van der Waals surface area contributed by atoms with Crippen molar-refractivity contribution in [2.24, 2.45) is 0 Å². The molecule has 3 amide bonds. The van der Waals surface area contributed by atoms with Crippen LogP contribution in [0.3, 0.4) is 0 Å². The average molecular weight is 662 g/mol. The number of carbonyl (C=O) groups excluding carboxylic acids is 3.